The maximum absolute atomic E-state index is 13.1. The van der Waals surface area contributed by atoms with Crippen molar-refractivity contribution in [3.05, 3.63) is 29.6 Å². The van der Waals surface area contributed by atoms with E-state index in [9.17, 15) is 9.18 Å². The number of ether oxygens (including phenoxy) is 1. The molecule has 5 heteroatoms. The second-order valence-electron chi connectivity index (χ2n) is 4.47. The van der Waals surface area contributed by atoms with Gasteiger partial charge in [0.15, 0.2) is 5.92 Å². The molecular weight excluding hydrogens is 237 g/mol. The first-order valence-electron chi connectivity index (χ1n) is 5.31. The molecule has 0 fully saturated rings. The molecule has 1 atom stereocenters. The molecule has 0 heterocycles. The molecule has 0 radical (unpaired) electrons. The van der Waals surface area contributed by atoms with Gasteiger partial charge in [-0.1, -0.05) is 19.9 Å². The summed E-state index contributed by atoms with van der Waals surface area (Å²) in [4.78, 5) is 11.1. The second-order valence-corrected chi connectivity index (χ2v) is 4.47. The molecule has 0 amide bonds. The molecule has 0 aromatic heterocycles. The summed E-state index contributed by atoms with van der Waals surface area (Å²) < 4.78 is 18.1. The van der Waals surface area contributed by atoms with E-state index in [-0.39, 0.29) is 5.75 Å². The van der Waals surface area contributed by atoms with Gasteiger partial charge in [-0.15, -0.1) is 0 Å². The second kappa shape index (κ2) is 5.05. The van der Waals surface area contributed by atoms with Crippen LogP contribution in [0.4, 0.5) is 4.39 Å². The van der Waals surface area contributed by atoms with Crippen LogP contribution in [0.1, 0.15) is 19.4 Å². The summed E-state index contributed by atoms with van der Waals surface area (Å²) in [5, 5.41) is 18.0. The molecule has 1 aromatic carbocycles. The lowest BCUT2D eigenvalue weighted by Crippen LogP contribution is -2.34. The Morgan fingerprint density at radius 2 is 2.17 bits per heavy atom. The van der Waals surface area contributed by atoms with Gasteiger partial charge in [-0.3, -0.25) is 4.79 Å². The van der Waals surface area contributed by atoms with Crippen molar-refractivity contribution in [1.82, 2.24) is 0 Å². The Labute approximate surface area is 105 Å². The van der Waals surface area contributed by atoms with Crippen molar-refractivity contribution < 1.29 is 19.0 Å². The molecule has 0 aliphatic rings. The van der Waals surface area contributed by atoms with Crippen molar-refractivity contribution in [2.24, 2.45) is 5.92 Å². The van der Waals surface area contributed by atoms with Gasteiger partial charge in [-0.25, -0.2) is 4.39 Å². The number of methoxy groups -OCH3 is 1. The van der Waals surface area contributed by atoms with Gasteiger partial charge < -0.3 is 9.84 Å². The molecule has 0 spiro atoms. The Balaban J connectivity index is 3.36. The van der Waals surface area contributed by atoms with E-state index in [0.717, 1.165) is 0 Å². The predicted molar refractivity (Wildman–Crippen MR) is 62.7 cm³/mol. The molecule has 0 saturated heterocycles. The number of nitriles is 1. The minimum absolute atomic E-state index is 0.237. The van der Waals surface area contributed by atoms with E-state index < -0.39 is 23.1 Å². The molecule has 96 valence electrons. The standard InChI is InChI=1S/C13H14FNO3/c1-13(2,10(7-15)12(16)17)9-5-4-8(14)6-11(9)18-3/h4-6,10H,1-3H3,(H,16,17). The van der Waals surface area contributed by atoms with Gasteiger partial charge in [-0.05, 0) is 6.07 Å². The molecule has 0 bridgehead atoms. The fourth-order valence-electron chi connectivity index (χ4n) is 1.88. The molecule has 4 nitrogen and oxygen atoms in total. The zero-order valence-electron chi connectivity index (χ0n) is 10.4. The largest absolute Gasteiger partial charge is 0.496 e. The predicted octanol–water partition coefficient (Wildman–Crippen LogP) is 2.34. The van der Waals surface area contributed by atoms with Crippen LogP contribution in [0.5, 0.6) is 5.75 Å². The minimum Gasteiger partial charge on any atom is -0.496 e. The molecule has 0 aliphatic heterocycles. The van der Waals surface area contributed by atoms with Gasteiger partial charge in [0.05, 0.1) is 13.2 Å². The quantitative estimate of drug-likeness (QED) is 0.891. The van der Waals surface area contributed by atoms with Gasteiger partial charge in [-0.2, -0.15) is 5.26 Å². The summed E-state index contributed by atoms with van der Waals surface area (Å²) in [6, 6.07) is 5.60. The van der Waals surface area contributed by atoms with E-state index in [1.165, 1.54) is 25.3 Å². The van der Waals surface area contributed by atoms with E-state index >= 15 is 0 Å². The number of carbonyl (C=O) groups is 1. The Morgan fingerprint density at radius 1 is 1.56 bits per heavy atom. The van der Waals surface area contributed by atoms with Gasteiger partial charge >= 0.3 is 5.97 Å². The van der Waals surface area contributed by atoms with Gasteiger partial charge in [0.2, 0.25) is 0 Å². The monoisotopic (exact) mass is 251 g/mol. The Bertz CT molecular complexity index is 505. The maximum Gasteiger partial charge on any atom is 0.321 e. The number of carboxylic acid groups (broad SMARTS) is 1. The number of aliphatic carboxylic acids is 1. The van der Waals surface area contributed by atoms with Crippen LogP contribution in [0.15, 0.2) is 18.2 Å². The Hall–Kier alpha value is -2.09. The van der Waals surface area contributed by atoms with Gasteiger partial charge in [0, 0.05) is 17.0 Å². The van der Waals surface area contributed by atoms with Crippen LogP contribution in [0, 0.1) is 23.1 Å². The fourth-order valence-corrected chi connectivity index (χ4v) is 1.88. The van der Waals surface area contributed by atoms with Crippen molar-refractivity contribution in [2.45, 2.75) is 19.3 Å². The lowest BCUT2D eigenvalue weighted by atomic mass is 9.73. The lowest BCUT2D eigenvalue weighted by Gasteiger charge is -2.29. The molecular formula is C13H14FNO3. The molecule has 0 saturated carbocycles. The highest BCUT2D eigenvalue weighted by atomic mass is 19.1. The highest BCUT2D eigenvalue weighted by Gasteiger charge is 2.39. The third kappa shape index (κ3) is 2.43. The smallest absolute Gasteiger partial charge is 0.321 e. The van der Waals surface area contributed by atoms with Crippen LogP contribution in [0.2, 0.25) is 0 Å². The number of carboxylic acids is 1. The minimum atomic E-state index is -1.24. The first kappa shape index (κ1) is 14.0. The molecule has 1 aromatic rings. The Kier molecular flexibility index (Phi) is 3.92. The molecule has 18 heavy (non-hydrogen) atoms. The molecule has 0 aliphatic carbocycles. The number of benzene rings is 1. The summed E-state index contributed by atoms with van der Waals surface area (Å²) in [6.07, 6.45) is 0. The van der Waals surface area contributed by atoms with Crippen LogP contribution < -0.4 is 4.74 Å². The van der Waals surface area contributed by atoms with E-state index in [2.05, 4.69) is 0 Å². The van der Waals surface area contributed by atoms with E-state index in [1.54, 1.807) is 19.9 Å². The van der Waals surface area contributed by atoms with Gasteiger partial charge in [0.1, 0.15) is 11.6 Å². The fraction of sp³-hybridized carbons (Fsp3) is 0.385. The highest BCUT2D eigenvalue weighted by Crippen LogP contribution is 2.37. The summed E-state index contributed by atoms with van der Waals surface area (Å²) in [6.45, 7) is 3.23. The topological polar surface area (TPSA) is 70.3 Å². The first-order valence-corrected chi connectivity index (χ1v) is 5.31. The number of rotatable bonds is 4. The summed E-state index contributed by atoms with van der Waals surface area (Å²) in [5.41, 5.74) is -0.500. The van der Waals surface area contributed by atoms with Crippen LogP contribution in [-0.4, -0.2) is 18.2 Å². The SMILES string of the molecule is COc1cc(F)ccc1C(C)(C)C(C#N)C(=O)O. The average molecular weight is 251 g/mol. The maximum atomic E-state index is 13.1. The van der Waals surface area contributed by atoms with Gasteiger partial charge in [0.25, 0.3) is 0 Å². The number of halogens is 1. The summed E-state index contributed by atoms with van der Waals surface area (Å²) in [7, 11) is 1.37. The molecule has 1 N–H and O–H groups in total. The highest BCUT2D eigenvalue weighted by molar-refractivity contribution is 5.75. The van der Waals surface area contributed by atoms with Crippen molar-refractivity contribution in [1.29, 1.82) is 5.26 Å². The molecule has 1 unspecified atom stereocenters. The number of nitrogens with zero attached hydrogens (tertiary/aromatic N) is 1. The third-order valence-corrected chi connectivity index (χ3v) is 2.96. The zero-order valence-corrected chi connectivity index (χ0v) is 10.4. The van der Waals surface area contributed by atoms with Crippen LogP contribution in [0.25, 0.3) is 0 Å². The first-order chi connectivity index (χ1) is 8.34. The normalized spacial score (nSPS) is 12.6. The molecule has 1 rings (SSSR count). The third-order valence-electron chi connectivity index (χ3n) is 2.96. The van der Waals surface area contributed by atoms with E-state index in [0.29, 0.717) is 5.56 Å². The van der Waals surface area contributed by atoms with Crippen molar-refractivity contribution in [3.8, 4) is 11.8 Å². The summed E-state index contributed by atoms with van der Waals surface area (Å²) in [5.74, 6) is -2.69. The van der Waals surface area contributed by atoms with Crippen LogP contribution in [-0.2, 0) is 10.2 Å². The van der Waals surface area contributed by atoms with Crippen LogP contribution >= 0.6 is 0 Å². The van der Waals surface area contributed by atoms with Crippen molar-refractivity contribution >= 4 is 5.97 Å². The summed E-state index contributed by atoms with van der Waals surface area (Å²) >= 11 is 0. The number of hydrogen-bond acceptors (Lipinski definition) is 3. The lowest BCUT2D eigenvalue weighted by molar-refractivity contribution is -0.141. The van der Waals surface area contributed by atoms with E-state index in [4.69, 9.17) is 15.1 Å². The zero-order chi connectivity index (χ0) is 13.9. The van der Waals surface area contributed by atoms with Crippen LogP contribution in [0.3, 0.4) is 0 Å². The van der Waals surface area contributed by atoms with Crippen molar-refractivity contribution in [2.75, 3.05) is 7.11 Å². The Morgan fingerprint density at radius 3 is 2.61 bits per heavy atom. The van der Waals surface area contributed by atoms with Crippen molar-refractivity contribution in [3.63, 3.8) is 0 Å². The average Bonchev–Trinajstić information content (AvgIpc) is 2.28. The van der Waals surface area contributed by atoms with E-state index in [1.807, 2.05) is 0 Å². The number of hydrogen-bond donors (Lipinski definition) is 1.